The Morgan fingerprint density at radius 3 is 2.52 bits per heavy atom. The first-order valence-corrected chi connectivity index (χ1v) is 7.44. The molecule has 0 radical (unpaired) electrons. The maximum atomic E-state index is 12.4. The van der Waals surface area contributed by atoms with Crippen LogP contribution in [0, 0.1) is 11.8 Å². The standard InChI is InChI=1S/C14H19N3O4/c18-12(16-5-1-2-6-16)8-17-13(19)10-4-3-9(15-21)7-11(10)14(17)20/h10-11,21H,1-8H2/b15-9-. The molecule has 7 heteroatoms. The molecule has 0 aromatic heterocycles. The molecule has 1 N–H and O–H groups in total. The average Bonchev–Trinajstić information content (AvgIpc) is 3.11. The second kappa shape index (κ2) is 5.46. The van der Waals surface area contributed by atoms with Crippen molar-refractivity contribution in [2.45, 2.75) is 32.1 Å². The molecule has 2 saturated heterocycles. The summed E-state index contributed by atoms with van der Waals surface area (Å²) in [7, 11) is 0. The molecule has 114 valence electrons. The van der Waals surface area contributed by atoms with E-state index in [0.29, 0.717) is 38.1 Å². The molecule has 0 spiro atoms. The van der Waals surface area contributed by atoms with Crippen molar-refractivity contribution in [3.63, 3.8) is 0 Å². The smallest absolute Gasteiger partial charge is 0.242 e. The molecule has 2 heterocycles. The summed E-state index contributed by atoms with van der Waals surface area (Å²) in [5, 5.41) is 12.0. The van der Waals surface area contributed by atoms with E-state index in [9.17, 15) is 14.4 Å². The molecule has 2 aliphatic heterocycles. The van der Waals surface area contributed by atoms with Crippen molar-refractivity contribution in [3.8, 4) is 0 Å². The monoisotopic (exact) mass is 293 g/mol. The molecular weight excluding hydrogens is 274 g/mol. The molecular formula is C14H19N3O4. The second-order valence-electron chi connectivity index (χ2n) is 5.97. The molecule has 3 fully saturated rings. The van der Waals surface area contributed by atoms with E-state index < -0.39 is 5.92 Å². The first-order valence-electron chi connectivity index (χ1n) is 7.44. The highest BCUT2D eigenvalue weighted by Gasteiger charge is 2.50. The zero-order valence-corrected chi connectivity index (χ0v) is 11.8. The van der Waals surface area contributed by atoms with Gasteiger partial charge in [0.25, 0.3) is 0 Å². The van der Waals surface area contributed by atoms with E-state index in [-0.39, 0.29) is 30.2 Å². The summed E-state index contributed by atoms with van der Waals surface area (Å²) in [6.45, 7) is 1.28. The van der Waals surface area contributed by atoms with Crippen molar-refractivity contribution in [3.05, 3.63) is 0 Å². The van der Waals surface area contributed by atoms with Crippen LogP contribution in [0.3, 0.4) is 0 Å². The van der Waals surface area contributed by atoms with Crippen LogP contribution in [0.25, 0.3) is 0 Å². The fraction of sp³-hybridized carbons (Fsp3) is 0.714. The number of likely N-dealkylation sites (tertiary alicyclic amines) is 2. The van der Waals surface area contributed by atoms with E-state index in [2.05, 4.69) is 5.16 Å². The highest BCUT2D eigenvalue weighted by molar-refractivity contribution is 6.09. The van der Waals surface area contributed by atoms with Crippen LogP contribution in [0.5, 0.6) is 0 Å². The third-order valence-corrected chi connectivity index (χ3v) is 4.75. The molecule has 3 amide bonds. The van der Waals surface area contributed by atoms with Crippen LogP contribution < -0.4 is 0 Å². The van der Waals surface area contributed by atoms with Crippen LogP contribution in [0.1, 0.15) is 32.1 Å². The van der Waals surface area contributed by atoms with Gasteiger partial charge in [0.2, 0.25) is 17.7 Å². The molecule has 1 saturated carbocycles. The molecule has 3 rings (SSSR count). The maximum Gasteiger partial charge on any atom is 0.242 e. The van der Waals surface area contributed by atoms with Gasteiger partial charge in [0.1, 0.15) is 6.54 Å². The molecule has 0 aromatic carbocycles. The summed E-state index contributed by atoms with van der Waals surface area (Å²) in [5.41, 5.74) is 0.560. The van der Waals surface area contributed by atoms with E-state index in [0.717, 1.165) is 17.7 Å². The van der Waals surface area contributed by atoms with Gasteiger partial charge in [-0.25, -0.2) is 0 Å². The van der Waals surface area contributed by atoms with Gasteiger partial charge >= 0.3 is 0 Å². The Morgan fingerprint density at radius 1 is 1.19 bits per heavy atom. The first kappa shape index (κ1) is 14.0. The van der Waals surface area contributed by atoms with Crippen LogP contribution in [0.15, 0.2) is 5.16 Å². The van der Waals surface area contributed by atoms with Crippen molar-refractivity contribution < 1.29 is 19.6 Å². The van der Waals surface area contributed by atoms with Crippen molar-refractivity contribution in [2.24, 2.45) is 17.0 Å². The van der Waals surface area contributed by atoms with Gasteiger partial charge in [-0.2, -0.15) is 0 Å². The van der Waals surface area contributed by atoms with Gasteiger partial charge in [0.05, 0.1) is 17.5 Å². The van der Waals surface area contributed by atoms with Crippen LogP contribution >= 0.6 is 0 Å². The van der Waals surface area contributed by atoms with Gasteiger partial charge in [-0.15, -0.1) is 0 Å². The van der Waals surface area contributed by atoms with Gasteiger partial charge in [-0.1, -0.05) is 5.16 Å². The van der Waals surface area contributed by atoms with Gasteiger partial charge in [-0.3, -0.25) is 19.3 Å². The lowest BCUT2D eigenvalue weighted by molar-refractivity contribution is -0.146. The normalized spacial score (nSPS) is 31.1. The summed E-state index contributed by atoms with van der Waals surface area (Å²) in [5.74, 6) is -1.49. The third-order valence-electron chi connectivity index (χ3n) is 4.75. The van der Waals surface area contributed by atoms with Crippen molar-refractivity contribution >= 4 is 23.4 Å². The highest BCUT2D eigenvalue weighted by Crippen LogP contribution is 2.37. The van der Waals surface area contributed by atoms with Crippen LogP contribution in [0.4, 0.5) is 0 Å². The number of hydrogen-bond acceptors (Lipinski definition) is 5. The number of carbonyl (C=O) groups is 3. The van der Waals surface area contributed by atoms with Gasteiger partial charge in [0, 0.05) is 19.5 Å². The predicted molar refractivity (Wildman–Crippen MR) is 72.6 cm³/mol. The van der Waals surface area contributed by atoms with Gasteiger partial charge in [0.15, 0.2) is 0 Å². The van der Waals surface area contributed by atoms with E-state index >= 15 is 0 Å². The topological polar surface area (TPSA) is 90.3 Å². The van der Waals surface area contributed by atoms with Gasteiger partial charge in [-0.05, 0) is 25.7 Å². The Kier molecular flexibility index (Phi) is 3.65. The van der Waals surface area contributed by atoms with Crippen molar-refractivity contribution in [2.75, 3.05) is 19.6 Å². The maximum absolute atomic E-state index is 12.4. The predicted octanol–water partition coefficient (Wildman–Crippen LogP) is 0.224. The minimum atomic E-state index is -0.455. The average molecular weight is 293 g/mol. The minimum Gasteiger partial charge on any atom is -0.411 e. The Hall–Kier alpha value is -1.92. The number of rotatable bonds is 2. The summed E-state index contributed by atoms with van der Waals surface area (Å²) in [4.78, 5) is 39.6. The molecule has 3 aliphatic rings. The highest BCUT2D eigenvalue weighted by atomic mass is 16.4. The summed E-state index contributed by atoms with van der Waals surface area (Å²) in [6.07, 6.45) is 3.33. The molecule has 21 heavy (non-hydrogen) atoms. The fourth-order valence-corrected chi connectivity index (χ4v) is 3.53. The molecule has 7 nitrogen and oxygen atoms in total. The first-order chi connectivity index (χ1) is 10.1. The lowest BCUT2D eigenvalue weighted by Gasteiger charge is -2.20. The van der Waals surface area contributed by atoms with Crippen LogP contribution in [-0.4, -0.2) is 58.1 Å². The molecule has 2 unspecified atom stereocenters. The fourth-order valence-electron chi connectivity index (χ4n) is 3.53. The largest absolute Gasteiger partial charge is 0.411 e. The summed E-state index contributed by atoms with van der Waals surface area (Å²) < 4.78 is 0. The Morgan fingerprint density at radius 2 is 1.86 bits per heavy atom. The number of carbonyl (C=O) groups excluding carboxylic acids is 3. The number of nitrogens with zero attached hydrogens (tertiary/aromatic N) is 3. The SMILES string of the molecule is O=C(CN1C(=O)C2CC/C(=N/O)CC2C1=O)N1CCCC1. The third kappa shape index (κ3) is 2.41. The van der Waals surface area contributed by atoms with E-state index in [1.165, 1.54) is 0 Å². The number of fused-ring (bicyclic) bond motifs is 1. The van der Waals surface area contributed by atoms with Crippen molar-refractivity contribution in [1.82, 2.24) is 9.80 Å². The van der Waals surface area contributed by atoms with E-state index in [1.807, 2.05) is 0 Å². The summed E-state index contributed by atoms with van der Waals surface area (Å²) >= 11 is 0. The number of amides is 3. The van der Waals surface area contributed by atoms with Crippen LogP contribution in [-0.2, 0) is 14.4 Å². The molecule has 0 aromatic rings. The Bertz CT molecular complexity index is 510. The Labute approximate surface area is 122 Å². The number of oxime groups is 1. The molecule has 0 bridgehead atoms. The number of hydrogen-bond donors (Lipinski definition) is 1. The molecule has 2 atom stereocenters. The molecule has 1 aliphatic carbocycles. The Balaban J connectivity index is 1.70. The zero-order valence-electron chi connectivity index (χ0n) is 11.8. The van der Waals surface area contributed by atoms with E-state index in [4.69, 9.17) is 5.21 Å². The zero-order chi connectivity index (χ0) is 15.0. The minimum absolute atomic E-state index is 0.143. The quantitative estimate of drug-likeness (QED) is 0.448. The lowest BCUT2D eigenvalue weighted by atomic mass is 9.80. The number of imide groups is 1. The lowest BCUT2D eigenvalue weighted by Crippen LogP contribution is -2.42. The van der Waals surface area contributed by atoms with E-state index in [1.54, 1.807) is 4.90 Å². The van der Waals surface area contributed by atoms with Crippen LogP contribution in [0.2, 0.25) is 0 Å². The van der Waals surface area contributed by atoms with Gasteiger partial charge < -0.3 is 10.1 Å². The van der Waals surface area contributed by atoms with Crippen molar-refractivity contribution in [1.29, 1.82) is 0 Å². The summed E-state index contributed by atoms with van der Waals surface area (Å²) in [6, 6.07) is 0. The second-order valence-corrected chi connectivity index (χ2v) is 5.97.